The molecule has 1 aliphatic heterocycles. The molecule has 0 bridgehead atoms. The van der Waals surface area contributed by atoms with Gasteiger partial charge in [-0.3, -0.25) is 0 Å². The van der Waals surface area contributed by atoms with Crippen LogP contribution in [0.5, 0.6) is 0 Å². The maximum atomic E-state index is 5.62. The molecule has 0 saturated carbocycles. The first-order valence-corrected chi connectivity index (χ1v) is 6.36. The van der Waals surface area contributed by atoms with Crippen LogP contribution in [-0.2, 0) is 11.2 Å². The Morgan fingerprint density at radius 1 is 1.56 bits per heavy atom. The number of fused-ring (bicyclic) bond motifs is 1. The van der Waals surface area contributed by atoms with E-state index in [-0.39, 0.29) is 0 Å². The van der Waals surface area contributed by atoms with E-state index in [4.69, 9.17) is 4.74 Å². The fraction of sp³-hybridized carbons (Fsp3) is 0.417. The number of imidazole rings is 1. The van der Waals surface area contributed by atoms with Gasteiger partial charge in [-0.1, -0.05) is 0 Å². The van der Waals surface area contributed by atoms with Crippen molar-refractivity contribution in [2.24, 2.45) is 0 Å². The van der Waals surface area contributed by atoms with Crippen molar-refractivity contribution in [2.75, 3.05) is 6.61 Å². The molecule has 1 unspecified atom stereocenters. The normalized spacial score (nSPS) is 20.7. The van der Waals surface area contributed by atoms with Crippen molar-refractivity contribution in [1.82, 2.24) is 9.38 Å². The van der Waals surface area contributed by atoms with Crippen molar-refractivity contribution in [1.29, 1.82) is 0 Å². The standard InChI is InChI=1S/C12H13BrN2O/c13-11-4-1-5-15-8-9(14-12(11)15)7-10-3-2-6-16-10/h1,4-5,8,10H,2-3,6-7H2. The van der Waals surface area contributed by atoms with Crippen LogP contribution in [0.2, 0.25) is 0 Å². The molecule has 3 rings (SSSR count). The summed E-state index contributed by atoms with van der Waals surface area (Å²) in [6.07, 6.45) is 7.74. The zero-order valence-electron chi connectivity index (χ0n) is 8.90. The number of rotatable bonds is 2. The fourth-order valence-electron chi connectivity index (χ4n) is 2.17. The summed E-state index contributed by atoms with van der Waals surface area (Å²) in [5.41, 5.74) is 2.09. The van der Waals surface area contributed by atoms with Crippen LogP contribution in [0.25, 0.3) is 5.65 Å². The Labute approximate surface area is 103 Å². The van der Waals surface area contributed by atoms with Crippen LogP contribution >= 0.6 is 15.9 Å². The molecule has 1 saturated heterocycles. The van der Waals surface area contributed by atoms with E-state index in [2.05, 4.69) is 27.1 Å². The molecule has 3 heterocycles. The molecule has 2 aromatic heterocycles. The van der Waals surface area contributed by atoms with Gasteiger partial charge in [0.25, 0.3) is 0 Å². The summed E-state index contributed by atoms with van der Waals surface area (Å²) in [6.45, 7) is 0.904. The van der Waals surface area contributed by atoms with Gasteiger partial charge in [0.1, 0.15) is 0 Å². The van der Waals surface area contributed by atoms with Gasteiger partial charge in [0.2, 0.25) is 0 Å². The molecule has 84 valence electrons. The Hall–Kier alpha value is -0.870. The van der Waals surface area contributed by atoms with Gasteiger partial charge >= 0.3 is 0 Å². The summed E-state index contributed by atoms with van der Waals surface area (Å²) in [7, 11) is 0. The van der Waals surface area contributed by atoms with E-state index in [0.717, 1.165) is 35.3 Å². The molecule has 1 aliphatic rings. The van der Waals surface area contributed by atoms with Crippen LogP contribution < -0.4 is 0 Å². The predicted octanol–water partition coefficient (Wildman–Crippen LogP) is 2.82. The van der Waals surface area contributed by atoms with Crippen LogP contribution in [0.1, 0.15) is 18.5 Å². The Morgan fingerprint density at radius 2 is 2.50 bits per heavy atom. The van der Waals surface area contributed by atoms with Crippen molar-refractivity contribution in [2.45, 2.75) is 25.4 Å². The molecule has 1 atom stereocenters. The van der Waals surface area contributed by atoms with Gasteiger partial charge in [-0.2, -0.15) is 0 Å². The lowest BCUT2D eigenvalue weighted by Crippen LogP contribution is -2.08. The molecule has 0 aromatic carbocycles. The number of hydrogen-bond acceptors (Lipinski definition) is 2. The van der Waals surface area contributed by atoms with Crippen molar-refractivity contribution >= 4 is 21.6 Å². The van der Waals surface area contributed by atoms with Gasteiger partial charge in [-0.25, -0.2) is 4.98 Å². The second kappa shape index (κ2) is 4.18. The minimum absolute atomic E-state index is 0.365. The highest BCUT2D eigenvalue weighted by Crippen LogP contribution is 2.20. The molecule has 4 heteroatoms. The molecular formula is C12H13BrN2O. The van der Waals surface area contributed by atoms with E-state index >= 15 is 0 Å². The zero-order chi connectivity index (χ0) is 11.0. The molecule has 16 heavy (non-hydrogen) atoms. The highest BCUT2D eigenvalue weighted by Gasteiger charge is 2.17. The van der Waals surface area contributed by atoms with Crippen molar-refractivity contribution in [3.05, 3.63) is 34.7 Å². The van der Waals surface area contributed by atoms with Crippen LogP contribution in [0.4, 0.5) is 0 Å². The number of hydrogen-bond donors (Lipinski definition) is 0. The first-order valence-electron chi connectivity index (χ1n) is 5.56. The zero-order valence-corrected chi connectivity index (χ0v) is 10.5. The summed E-state index contributed by atoms with van der Waals surface area (Å²) in [5.74, 6) is 0. The number of pyridine rings is 1. The van der Waals surface area contributed by atoms with Gasteiger partial charge in [-0.05, 0) is 40.9 Å². The van der Waals surface area contributed by atoms with E-state index in [1.54, 1.807) is 0 Å². The monoisotopic (exact) mass is 280 g/mol. The minimum Gasteiger partial charge on any atom is -0.378 e. The third-order valence-electron chi connectivity index (χ3n) is 2.95. The van der Waals surface area contributed by atoms with E-state index < -0.39 is 0 Å². The van der Waals surface area contributed by atoms with Crippen LogP contribution in [-0.4, -0.2) is 22.1 Å². The van der Waals surface area contributed by atoms with E-state index in [0.29, 0.717) is 6.10 Å². The molecule has 0 N–H and O–H groups in total. The van der Waals surface area contributed by atoms with Crippen LogP contribution in [0, 0.1) is 0 Å². The maximum Gasteiger partial charge on any atom is 0.151 e. The molecular weight excluding hydrogens is 268 g/mol. The van der Waals surface area contributed by atoms with Crippen molar-refractivity contribution in [3.63, 3.8) is 0 Å². The Morgan fingerprint density at radius 3 is 3.25 bits per heavy atom. The number of nitrogens with zero attached hydrogens (tertiary/aromatic N) is 2. The molecule has 0 aliphatic carbocycles. The summed E-state index contributed by atoms with van der Waals surface area (Å²) >= 11 is 3.51. The SMILES string of the molecule is Brc1cccn2cc(CC3CCCO3)nc12. The van der Waals surface area contributed by atoms with Gasteiger partial charge in [0, 0.05) is 25.4 Å². The van der Waals surface area contributed by atoms with Crippen molar-refractivity contribution in [3.8, 4) is 0 Å². The van der Waals surface area contributed by atoms with Crippen molar-refractivity contribution < 1.29 is 4.74 Å². The van der Waals surface area contributed by atoms with Gasteiger partial charge < -0.3 is 9.14 Å². The Bertz CT molecular complexity index is 503. The summed E-state index contributed by atoms with van der Waals surface area (Å²) in [4.78, 5) is 4.61. The minimum atomic E-state index is 0.365. The van der Waals surface area contributed by atoms with Gasteiger partial charge in [0.05, 0.1) is 16.3 Å². The topological polar surface area (TPSA) is 26.5 Å². The predicted molar refractivity (Wildman–Crippen MR) is 65.6 cm³/mol. The summed E-state index contributed by atoms with van der Waals surface area (Å²) in [6, 6.07) is 4.02. The first kappa shape index (κ1) is 10.3. The second-order valence-corrected chi connectivity index (χ2v) is 5.01. The van der Waals surface area contributed by atoms with E-state index in [1.165, 1.54) is 6.42 Å². The third-order valence-corrected chi connectivity index (χ3v) is 3.56. The molecule has 2 aromatic rings. The first-order chi connectivity index (χ1) is 7.83. The van der Waals surface area contributed by atoms with Crippen LogP contribution in [0.15, 0.2) is 29.0 Å². The third kappa shape index (κ3) is 1.87. The highest BCUT2D eigenvalue weighted by atomic mass is 79.9. The lowest BCUT2D eigenvalue weighted by molar-refractivity contribution is 0.111. The molecule has 0 spiro atoms. The largest absolute Gasteiger partial charge is 0.378 e. The average Bonchev–Trinajstić information content (AvgIpc) is 2.88. The quantitative estimate of drug-likeness (QED) is 0.846. The highest BCUT2D eigenvalue weighted by molar-refractivity contribution is 9.10. The summed E-state index contributed by atoms with van der Waals surface area (Å²) in [5, 5.41) is 0. The Kier molecular flexibility index (Phi) is 2.69. The second-order valence-electron chi connectivity index (χ2n) is 4.16. The molecule has 1 fully saturated rings. The van der Waals surface area contributed by atoms with E-state index in [1.807, 2.05) is 22.7 Å². The molecule has 3 nitrogen and oxygen atoms in total. The number of ether oxygens (including phenoxy) is 1. The summed E-state index contributed by atoms with van der Waals surface area (Å²) < 4.78 is 8.71. The van der Waals surface area contributed by atoms with Gasteiger partial charge in [0.15, 0.2) is 5.65 Å². The lowest BCUT2D eigenvalue weighted by atomic mass is 10.1. The van der Waals surface area contributed by atoms with E-state index in [9.17, 15) is 0 Å². The fourth-order valence-corrected chi connectivity index (χ4v) is 2.61. The maximum absolute atomic E-state index is 5.62. The van der Waals surface area contributed by atoms with Crippen LogP contribution in [0.3, 0.4) is 0 Å². The van der Waals surface area contributed by atoms with Gasteiger partial charge in [-0.15, -0.1) is 0 Å². The lowest BCUT2D eigenvalue weighted by Gasteiger charge is -2.05. The number of aromatic nitrogens is 2. The number of halogens is 1. The smallest absolute Gasteiger partial charge is 0.151 e. The molecule has 0 radical (unpaired) electrons. The Balaban J connectivity index is 1.90. The average molecular weight is 281 g/mol. The molecule has 0 amide bonds.